The zero-order valence-electron chi connectivity index (χ0n) is 18.2. The van der Waals surface area contributed by atoms with Crippen LogP contribution in [0.5, 0.6) is 11.5 Å². The van der Waals surface area contributed by atoms with Gasteiger partial charge in [0.2, 0.25) is 12.7 Å². The van der Waals surface area contributed by atoms with Crippen molar-refractivity contribution < 1.29 is 33.4 Å². The van der Waals surface area contributed by atoms with Crippen LogP contribution in [-0.2, 0) is 19.9 Å². The van der Waals surface area contributed by atoms with Crippen LogP contribution in [0, 0.1) is 0 Å². The molecule has 1 fully saturated rings. The lowest BCUT2D eigenvalue weighted by Crippen LogP contribution is -2.42. The summed E-state index contributed by atoms with van der Waals surface area (Å²) in [5.41, 5.74) is -0.0648. The number of imide groups is 1. The van der Waals surface area contributed by atoms with E-state index in [1.165, 1.54) is 12.1 Å². The van der Waals surface area contributed by atoms with E-state index >= 15 is 0 Å². The molecule has 0 radical (unpaired) electrons. The number of hydrogen-bond acceptors (Lipinski definition) is 7. The summed E-state index contributed by atoms with van der Waals surface area (Å²) < 4.78 is 15.7. The van der Waals surface area contributed by atoms with Crippen LogP contribution >= 0.6 is 0 Å². The molecular weight excluding hydrogens is 430 g/mol. The van der Waals surface area contributed by atoms with E-state index in [-0.39, 0.29) is 6.79 Å². The van der Waals surface area contributed by atoms with Gasteiger partial charge in [-0.15, -0.1) is 0 Å². The number of carbonyl (C=O) groups is 4. The van der Waals surface area contributed by atoms with E-state index in [2.05, 4.69) is 10.6 Å². The average molecular weight is 453 g/mol. The van der Waals surface area contributed by atoms with Crippen molar-refractivity contribution in [1.82, 2.24) is 10.2 Å². The first kappa shape index (κ1) is 22.1. The maximum atomic E-state index is 13.1. The van der Waals surface area contributed by atoms with Gasteiger partial charge in [-0.2, -0.15) is 0 Å². The number of benzene rings is 2. The van der Waals surface area contributed by atoms with Crippen molar-refractivity contribution >= 4 is 29.5 Å². The first-order valence-corrected chi connectivity index (χ1v) is 10.4. The molecule has 0 bridgehead atoms. The summed E-state index contributed by atoms with van der Waals surface area (Å²) in [6, 6.07) is 10.4. The normalized spacial score (nSPS) is 18.8. The minimum absolute atomic E-state index is 0.0863. The first-order valence-electron chi connectivity index (χ1n) is 10.4. The molecule has 2 N–H and O–H groups in total. The molecule has 1 saturated heterocycles. The molecule has 4 amide bonds. The molecule has 2 aliphatic heterocycles. The van der Waals surface area contributed by atoms with Gasteiger partial charge in [0.05, 0.1) is 12.2 Å². The molecule has 4 rings (SSSR count). The number of esters is 1. The monoisotopic (exact) mass is 453 g/mol. The van der Waals surface area contributed by atoms with Gasteiger partial charge in [-0.3, -0.25) is 14.5 Å². The molecule has 0 unspecified atom stereocenters. The van der Waals surface area contributed by atoms with E-state index in [1.54, 1.807) is 37.3 Å². The quantitative estimate of drug-likeness (QED) is 0.487. The van der Waals surface area contributed by atoms with Gasteiger partial charge in [0.25, 0.3) is 5.91 Å². The Labute approximate surface area is 189 Å². The number of hydrogen-bond donors (Lipinski definition) is 2. The van der Waals surface area contributed by atoms with E-state index in [0.29, 0.717) is 34.9 Å². The third kappa shape index (κ3) is 4.32. The Morgan fingerprint density at radius 2 is 1.85 bits per heavy atom. The molecule has 1 atom stereocenters. The molecule has 172 valence electrons. The van der Waals surface area contributed by atoms with Crippen LogP contribution < -0.4 is 20.1 Å². The van der Waals surface area contributed by atoms with Gasteiger partial charge in [0.15, 0.2) is 11.5 Å². The number of ether oxygens (including phenoxy) is 3. The minimum Gasteiger partial charge on any atom is -0.462 e. The fourth-order valence-corrected chi connectivity index (χ4v) is 3.56. The highest BCUT2D eigenvalue weighted by Crippen LogP contribution is 2.37. The SMILES string of the molecule is CCCOC(=O)c1ccc(NC(=O)CN2C(=O)N[C@](C)(c3ccc4c(c3)OCO4)C2=O)cc1. The molecule has 2 aromatic carbocycles. The first-order chi connectivity index (χ1) is 15.8. The summed E-state index contributed by atoms with van der Waals surface area (Å²) in [4.78, 5) is 50.8. The van der Waals surface area contributed by atoms with Crippen molar-refractivity contribution in [2.45, 2.75) is 25.8 Å². The van der Waals surface area contributed by atoms with Crippen molar-refractivity contribution in [2.75, 3.05) is 25.3 Å². The Bertz CT molecular complexity index is 1120. The van der Waals surface area contributed by atoms with Crippen LogP contribution in [0.1, 0.15) is 36.2 Å². The Balaban J connectivity index is 1.40. The lowest BCUT2D eigenvalue weighted by molar-refractivity contribution is -0.133. The topological polar surface area (TPSA) is 123 Å². The van der Waals surface area contributed by atoms with Crippen LogP contribution in [0.15, 0.2) is 42.5 Å². The highest BCUT2D eigenvalue weighted by molar-refractivity contribution is 6.10. The third-order valence-corrected chi connectivity index (χ3v) is 5.37. The Morgan fingerprint density at radius 3 is 2.58 bits per heavy atom. The van der Waals surface area contributed by atoms with Gasteiger partial charge in [0, 0.05) is 5.69 Å². The number of amides is 4. The maximum absolute atomic E-state index is 13.1. The van der Waals surface area contributed by atoms with E-state index in [4.69, 9.17) is 14.2 Å². The molecule has 0 spiro atoms. The van der Waals surface area contributed by atoms with Crippen molar-refractivity contribution in [3.63, 3.8) is 0 Å². The summed E-state index contributed by atoms with van der Waals surface area (Å²) in [7, 11) is 0. The van der Waals surface area contributed by atoms with Crippen LogP contribution in [0.25, 0.3) is 0 Å². The summed E-state index contributed by atoms with van der Waals surface area (Å²) in [6.07, 6.45) is 0.719. The van der Waals surface area contributed by atoms with Gasteiger partial charge in [-0.05, 0) is 55.3 Å². The summed E-state index contributed by atoms with van der Waals surface area (Å²) in [5.74, 6) is -0.531. The number of fused-ring (bicyclic) bond motifs is 1. The summed E-state index contributed by atoms with van der Waals surface area (Å²) in [6.45, 7) is 3.41. The molecule has 0 saturated carbocycles. The van der Waals surface area contributed by atoms with Gasteiger partial charge in [0.1, 0.15) is 12.1 Å². The Hall–Kier alpha value is -4.08. The van der Waals surface area contributed by atoms with Crippen LogP contribution in [-0.4, -0.2) is 48.7 Å². The van der Waals surface area contributed by atoms with E-state index < -0.39 is 35.9 Å². The van der Waals surface area contributed by atoms with Crippen LogP contribution in [0.2, 0.25) is 0 Å². The second-order valence-corrected chi connectivity index (χ2v) is 7.78. The van der Waals surface area contributed by atoms with Crippen molar-refractivity contribution in [2.24, 2.45) is 0 Å². The molecule has 2 aromatic rings. The summed E-state index contributed by atoms with van der Waals surface area (Å²) >= 11 is 0. The third-order valence-electron chi connectivity index (χ3n) is 5.37. The molecule has 10 nitrogen and oxygen atoms in total. The maximum Gasteiger partial charge on any atom is 0.338 e. The van der Waals surface area contributed by atoms with Gasteiger partial charge in [-0.25, -0.2) is 9.59 Å². The predicted octanol–water partition coefficient (Wildman–Crippen LogP) is 2.39. The highest BCUT2D eigenvalue weighted by atomic mass is 16.7. The number of urea groups is 1. The van der Waals surface area contributed by atoms with E-state index in [1.807, 2.05) is 6.92 Å². The van der Waals surface area contributed by atoms with E-state index in [0.717, 1.165) is 11.3 Å². The fourth-order valence-electron chi connectivity index (χ4n) is 3.56. The summed E-state index contributed by atoms with van der Waals surface area (Å²) in [5, 5.41) is 5.27. The van der Waals surface area contributed by atoms with Crippen LogP contribution in [0.3, 0.4) is 0 Å². The molecule has 10 heteroatoms. The Morgan fingerprint density at radius 1 is 1.12 bits per heavy atom. The molecule has 0 aliphatic carbocycles. The van der Waals surface area contributed by atoms with Crippen LogP contribution in [0.4, 0.5) is 10.5 Å². The molecule has 0 aromatic heterocycles. The second kappa shape index (κ2) is 8.81. The van der Waals surface area contributed by atoms with Crippen molar-refractivity contribution in [3.05, 3.63) is 53.6 Å². The lowest BCUT2D eigenvalue weighted by atomic mass is 9.91. The smallest absolute Gasteiger partial charge is 0.338 e. The minimum atomic E-state index is -1.35. The fraction of sp³-hybridized carbons (Fsp3) is 0.304. The van der Waals surface area contributed by atoms with Crippen molar-refractivity contribution in [3.8, 4) is 11.5 Å². The predicted molar refractivity (Wildman–Crippen MR) is 116 cm³/mol. The standard InChI is InChI=1S/C23H23N3O7/c1-3-10-31-20(28)14-4-7-16(8-5-14)24-19(27)12-26-21(29)23(2,25-22(26)30)15-6-9-17-18(11-15)33-13-32-17/h4-9,11H,3,10,12-13H2,1-2H3,(H,24,27)(H,25,30)/t23-/m1/s1. The average Bonchev–Trinajstić information content (AvgIpc) is 3.36. The van der Waals surface area contributed by atoms with Crippen molar-refractivity contribution in [1.29, 1.82) is 0 Å². The number of anilines is 1. The second-order valence-electron chi connectivity index (χ2n) is 7.78. The zero-order chi connectivity index (χ0) is 23.6. The molecular formula is C23H23N3O7. The van der Waals surface area contributed by atoms with Gasteiger partial charge in [-0.1, -0.05) is 13.0 Å². The number of carbonyl (C=O) groups excluding carboxylic acids is 4. The van der Waals surface area contributed by atoms with E-state index in [9.17, 15) is 19.2 Å². The highest BCUT2D eigenvalue weighted by Gasteiger charge is 2.49. The number of rotatable bonds is 7. The zero-order valence-corrected chi connectivity index (χ0v) is 18.2. The number of nitrogens with zero attached hydrogens (tertiary/aromatic N) is 1. The molecule has 2 heterocycles. The molecule has 2 aliphatic rings. The van der Waals surface area contributed by atoms with Gasteiger partial charge >= 0.3 is 12.0 Å². The van der Waals surface area contributed by atoms with Gasteiger partial charge < -0.3 is 24.8 Å². The molecule has 33 heavy (non-hydrogen) atoms. The largest absolute Gasteiger partial charge is 0.462 e. The lowest BCUT2D eigenvalue weighted by Gasteiger charge is -2.22. The Kier molecular flexibility index (Phi) is 5.91. The number of nitrogens with one attached hydrogen (secondary N) is 2.